The number of benzene rings is 1. The SMILES string of the molecule is CC1CCCN(C(=O)CSc2ccc(Cl)cc2N)C1. The summed E-state index contributed by atoms with van der Waals surface area (Å²) in [5.41, 5.74) is 6.51. The van der Waals surface area contributed by atoms with Gasteiger partial charge in [-0.1, -0.05) is 18.5 Å². The van der Waals surface area contributed by atoms with Crippen LogP contribution < -0.4 is 5.73 Å². The number of thioether (sulfide) groups is 1. The number of piperidine rings is 1. The van der Waals surface area contributed by atoms with Crippen LogP contribution in [-0.4, -0.2) is 29.6 Å². The second kappa shape index (κ2) is 6.53. The summed E-state index contributed by atoms with van der Waals surface area (Å²) in [4.78, 5) is 15.0. The van der Waals surface area contributed by atoms with E-state index in [9.17, 15) is 4.79 Å². The first kappa shape index (κ1) is 14.5. The molecule has 1 saturated heterocycles. The van der Waals surface area contributed by atoms with Crippen molar-refractivity contribution >= 4 is 35.0 Å². The highest BCUT2D eigenvalue weighted by Crippen LogP contribution is 2.28. The molecule has 0 aliphatic carbocycles. The van der Waals surface area contributed by atoms with Crippen LogP contribution in [0.2, 0.25) is 5.02 Å². The van der Waals surface area contributed by atoms with Crippen molar-refractivity contribution in [2.45, 2.75) is 24.7 Å². The summed E-state index contributed by atoms with van der Waals surface area (Å²) in [6.45, 7) is 3.97. The van der Waals surface area contributed by atoms with Crippen molar-refractivity contribution in [2.75, 3.05) is 24.6 Å². The minimum atomic E-state index is 0.200. The molecule has 1 heterocycles. The number of hydrogen-bond acceptors (Lipinski definition) is 3. The Balaban J connectivity index is 1.89. The third-order valence-corrected chi connectivity index (χ3v) is 4.64. The fourth-order valence-electron chi connectivity index (χ4n) is 2.30. The Morgan fingerprint density at radius 1 is 1.58 bits per heavy atom. The normalized spacial score (nSPS) is 19.5. The van der Waals surface area contributed by atoms with Crippen LogP contribution in [0.4, 0.5) is 5.69 Å². The third-order valence-electron chi connectivity index (χ3n) is 3.33. The molecule has 3 nitrogen and oxygen atoms in total. The number of nitrogen functional groups attached to an aromatic ring is 1. The van der Waals surface area contributed by atoms with E-state index in [0.29, 0.717) is 22.4 Å². The average Bonchev–Trinajstić information content (AvgIpc) is 2.37. The molecular weight excluding hydrogens is 280 g/mol. The molecular formula is C14H19ClN2OS. The molecule has 1 fully saturated rings. The quantitative estimate of drug-likeness (QED) is 0.688. The van der Waals surface area contributed by atoms with Crippen molar-refractivity contribution in [3.05, 3.63) is 23.2 Å². The van der Waals surface area contributed by atoms with Crippen LogP contribution in [0.3, 0.4) is 0 Å². The lowest BCUT2D eigenvalue weighted by Gasteiger charge is -2.30. The summed E-state index contributed by atoms with van der Waals surface area (Å²) >= 11 is 7.34. The van der Waals surface area contributed by atoms with E-state index in [1.54, 1.807) is 12.1 Å². The molecule has 0 aromatic heterocycles. The first-order valence-corrected chi connectivity index (χ1v) is 7.88. The number of carbonyl (C=O) groups is 1. The van der Waals surface area contributed by atoms with Gasteiger partial charge in [0.15, 0.2) is 0 Å². The Labute approximate surface area is 123 Å². The summed E-state index contributed by atoms with van der Waals surface area (Å²) in [6, 6.07) is 5.39. The van der Waals surface area contributed by atoms with Crippen LogP contribution in [-0.2, 0) is 4.79 Å². The Morgan fingerprint density at radius 3 is 3.05 bits per heavy atom. The highest BCUT2D eigenvalue weighted by Gasteiger charge is 2.20. The Hall–Kier alpha value is -0.870. The molecule has 5 heteroatoms. The van der Waals surface area contributed by atoms with Crippen LogP contribution in [0.1, 0.15) is 19.8 Å². The molecule has 0 spiro atoms. The molecule has 2 rings (SSSR count). The molecule has 0 radical (unpaired) electrons. The van der Waals surface area contributed by atoms with E-state index in [1.807, 2.05) is 11.0 Å². The van der Waals surface area contributed by atoms with E-state index in [0.717, 1.165) is 24.4 Å². The third kappa shape index (κ3) is 4.05. The molecule has 1 aliphatic rings. The topological polar surface area (TPSA) is 46.3 Å². The molecule has 0 saturated carbocycles. The van der Waals surface area contributed by atoms with Gasteiger partial charge in [-0.2, -0.15) is 0 Å². The first-order chi connectivity index (χ1) is 9.06. The van der Waals surface area contributed by atoms with Crippen molar-refractivity contribution in [3.63, 3.8) is 0 Å². The lowest BCUT2D eigenvalue weighted by molar-refractivity contribution is -0.130. The highest BCUT2D eigenvalue weighted by atomic mass is 35.5. The number of likely N-dealkylation sites (tertiary alicyclic amines) is 1. The number of amides is 1. The van der Waals surface area contributed by atoms with Gasteiger partial charge in [0, 0.05) is 28.7 Å². The number of rotatable bonds is 3. The Kier molecular flexibility index (Phi) is 4.99. The minimum Gasteiger partial charge on any atom is -0.398 e. The summed E-state index contributed by atoms with van der Waals surface area (Å²) in [6.07, 6.45) is 2.34. The fourth-order valence-corrected chi connectivity index (χ4v) is 3.33. The van der Waals surface area contributed by atoms with Gasteiger partial charge in [0.25, 0.3) is 0 Å². The summed E-state index contributed by atoms with van der Waals surface area (Å²) in [7, 11) is 0. The van der Waals surface area contributed by atoms with Crippen LogP contribution in [0.5, 0.6) is 0 Å². The second-order valence-electron chi connectivity index (χ2n) is 5.06. The van der Waals surface area contributed by atoms with Gasteiger partial charge in [-0.3, -0.25) is 4.79 Å². The van der Waals surface area contributed by atoms with E-state index in [1.165, 1.54) is 18.2 Å². The molecule has 1 aromatic carbocycles. The van der Waals surface area contributed by atoms with Crippen molar-refractivity contribution in [1.29, 1.82) is 0 Å². The van der Waals surface area contributed by atoms with Gasteiger partial charge < -0.3 is 10.6 Å². The Bertz CT molecular complexity index is 467. The predicted molar refractivity (Wildman–Crippen MR) is 81.6 cm³/mol. The number of anilines is 1. The molecule has 104 valence electrons. The van der Waals surface area contributed by atoms with Gasteiger partial charge in [0.1, 0.15) is 0 Å². The number of nitrogens with zero attached hydrogens (tertiary/aromatic N) is 1. The zero-order valence-corrected chi connectivity index (χ0v) is 12.6. The number of nitrogens with two attached hydrogens (primary N) is 1. The van der Waals surface area contributed by atoms with Crippen molar-refractivity contribution in [2.24, 2.45) is 5.92 Å². The smallest absolute Gasteiger partial charge is 0.232 e. The lowest BCUT2D eigenvalue weighted by atomic mass is 10.0. The van der Waals surface area contributed by atoms with Gasteiger partial charge in [-0.15, -0.1) is 11.8 Å². The van der Waals surface area contributed by atoms with Gasteiger partial charge in [-0.05, 0) is 37.0 Å². The maximum atomic E-state index is 12.1. The maximum Gasteiger partial charge on any atom is 0.232 e. The molecule has 1 amide bonds. The predicted octanol–water partition coefficient (Wildman–Crippen LogP) is 3.27. The highest BCUT2D eigenvalue weighted by molar-refractivity contribution is 8.00. The van der Waals surface area contributed by atoms with E-state index in [4.69, 9.17) is 17.3 Å². The van der Waals surface area contributed by atoms with Crippen LogP contribution in [0, 0.1) is 5.92 Å². The second-order valence-corrected chi connectivity index (χ2v) is 6.51. The molecule has 1 unspecified atom stereocenters. The zero-order chi connectivity index (χ0) is 13.8. The van der Waals surface area contributed by atoms with E-state index in [-0.39, 0.29) is 5.91 Å². The zero-order valence-electron chi connectivity index (χ0n) is 11.1. The van der Waals surface area contributed by atoms with Crippen LogP contribution >= 0.6 is 23.4 Å². The molecule has 1 atom stereocenters. The summed E-state index contributed by atoms with van der Waals surface area (Å²) in [5.74, 6) is 1.26. The van der Waals surface area contributed by atoms with Crippen LogP contribution in [0.25, 0.3) is 0 Å². The Morgan fingerprint density at radius 2 is 2.37 bits per heavy atom. The molecule has 1 aliphatic heterocycles. The largest absolute Gasteiger partial charge is 0.398 e. The van der Waals surface area contributed by atoms with Gasteiger partial charge in [0.05, 0.1) is 5.75 Å². The lowest BCUT2D eigenvalue weighted by Crippen LogP contribution is -2.40. The summed E-state index contributed by atoms with van der Waals surface area (Å²) < 4.78 is 0. The van der Waals surface area contributed by atoms with E-state index < -0.39 is 0 Å². The number of hydrogen-bond donors (Lipinski definition) is 1. The van der Waals surface area contributed by atoms with Gasteiger partial charge >= 0.3 is 0 Å². The molecule has 2 N–H and O–H groups in total. The number of halogens is 1. The first-order valence-electron chi connectivity index (χ1n) is 6.52. The molecule has 0 bridgehead atoms. The van der Waals surface area contributed by atoms with Crippen LogP contribution in [0.15, 0.2) is 23.1 Å². The van der Waals surface area contributed by atoms with Crippen molar-refractivity contribution < 1.29 is 4.79 Å². The average molecular weight is 299 g/mol. The monoisotopic (exact) mass is 298 g/mol. The summed E-state index contributed by atoms with van der Waals surface area (Å²) in [5, 5.41) is 0.623. The standard InChI is InChI=1S/C14H19ClN2OS/c1-10-3-2-6-17(8-10)14(18)9-19-13-5-4-11(15)7-12(13)16/h4-5,7,10H,2-3,6,8-9,16H2,1H3. The maximum absolute atomic E-state index is 12.1. The van der Waals surface area contributed by atoms with Crippen molar-refractivity contribution in [3.8, 4) is 0 Å². The fraction of sp³-hybridized carbons (Fsp3) is 0.500. The van der Waals surface area contributed by atoms with E-state index >= 15 is 0 Å². The van der Waals surface area contributed by atoms with Crippen molar-refractivity contribution in [1.82, 2.24) is 4.90 Å². The van der Waals surface area contributed by atoms with E-state index in [2.05, 4.69) is 6.92 Å². The van der Waals surface area contributed by atoms with Gasteiger partial charge in [-0.25, -0.2) is 0 Å². The molecule has 19 heavy (non-hydrogen) atoms. The number of carbonyl (C=O) groups excluding carboxylic acids is 1. The molecule has 1 aromatic rings. The minimum absolute atomic E-state index is 0.200. The van der Waals surface area contributed by atoms with Gasteiger partial charge in [0.2, 0.25) is 5.91 Å².